The van der Waals surface area contributed by atoms with Crippen molar-refractivity contribution in [2.75, 3.05) is 6.54 Å². The number of hydrogen-bond donors (Lipinski definition) is 1. The summed E-state index contributed by atoms with van der Waals surface area (Å²) in [5.74, 6) is 0.827. The summed E-state index contributed by atoms with van der Waals surface area (Å²) in [4.78, 5) is 0. The van der Waals surface area contributed by atoms with E-state index in [1.807, 2.05) is 43.6 Å². The van der Waals surface area contributed by atoms with Gasteiger partial charge in [0, 0.05) is 18.6 Å². The van der Waals surface area contributed by atoms with Crippen LogP contribution in [0.4, 0.5) is 0 Å². The molecule has 0 saturated carbocycles. The van der Waals surface area contributed by atoms with Crippen LogP contribution in [0, 0.1) is 0 Å². The highest BCUT2D eigenvalue weighted by Crippen LogP contribution is 2.31. The third-order valence-electron chi connectivity index (χ3n) is 3.24. The Morgan fingerprint density at radius 3 is 2.90 bits per heavy atom. The number of para-hydroxylation sites is 1. The Bertz CT molecular complexity index is 732. The molecule has 1 aromatic carbocycles. The minimum Gasteiger partial charge on any atom is -0.457 e. The molecular formula is C15H16ClN3O. The van der Waals surface area contributed by atoms with Crippen LogP contribution in [0.1, 0.15) is 24.4 Å². The van der Waals surface area contributed by atoms with Crippen LogP contribution in [0.5, 0.6) is 0 Å². The van der Waals surface area contributed by atoms with Gasteiger partial charge in [0.25, 0.3) is 0 Å². The van der Waals surface area contributed by atoms with Gasteiger partial charge in [-0.3, -0.25) is 4.68 Å². The molecule has 1 unspecified atom stereocenters. The summed E-state index contributed by atoms with van der Waals surface area (Å²) in [6, 6.07) is 9.69. The van der Waals surface area contributed by atoms with Gasteiger partial charge in [0.2, 0.25) is 0 Å². The number of furan rings is 1. The average Bonchev–Trinajstić information content (AvgIpc) is 3.03. The van der Waals surface area contributed by atoms with Crippen LogP contribution in [0.15, 0.2) is 40.9 Å². The fraction of sp³-hybridized carbons (Fsp3) is 0.267. The fourth-order valence-corrected chi connectivity index (χ4v) is 2.55. The Labute approximate surface area is 122 Å². The maximum atomic E-state index is 6.17. The van der Waals surface area contributed by atoms with Crippen LogP contribution in [-0.4, -0.2) is 16.3 Å². The number of nitrogens with one attached hydrogen (secondary N) is 1. The molecule has 0 aliphatic heterocycles. The molecule has 104 valence electrons. The first-order chi connectivity index (χ1) is 9.69. The van der Waals surface area contributed by atoms with Crippen molar-refractivity contribution in [2.45, 2.75) is 13.0 Å². The Morgan fingerprint density at radius 2 is 2.25 bits per heavy atom. The van der Waals surface area contributed by atoms with E-state index in [9.17, 15) is 0 Å². The Morgan fingerprint density at radius 1 is 1.40 bits per heavy atom. The SMILES string of the molecule is CCNC(c1ccn(C)n1)c1cc2cccc(Cl)c2o1. The minimum atomic E-state index is -0.0651. The number of rotatable bonds is 4. The summed E-state index contributed by atoms with van der Waals surface area (Å²) in [7, 11) is 1.90. The van der Waals surface area contributed by atoms with Crippen molar-refractivity contribution in [2.24, 2.45) is 7.05 Å². The molecule has 0 amide bonds. The molecule has 0 fully saturated rings. The number of aryl methyl sites for hydroxylation is 1. The van der Waals surface area contributed by atoms with E-state index in [-0.39, 0.29) is 6.04 Å². The number of nitrogens with zero attached hydrogens (tertiary/aromatic N) is 2. The van der Waals surface area contributed by atoms with E-state index < -0.39 is 0 Å². The fourth-order valence-electron chi connectivity index (χ4n) is 2.33. The molecule has 0 saturated heterocycles. The molecule has 3 rings (SSSR count). The molecule has 1 N–H and O–H groups in total. The largest absolute Gasteiger partial charge is 0.457 e. The topological polar surface area (TPSA) is 43.0 Å². The Balaban J connectivity index is 2.07. The zero-order chi connectivity index (χ0) is 14.1. The van der Waals surface area contributed by atoms with Gasteiger partial charge in [0.15, 0.2) is 5.58 Å². The van der Waals surface area contributed by atoms with Crippen LogP contribution >= 0.6 is 11.6 Å². The van der Waals surface area contributed by atoms with E-state index in [2.05, 4.69) is 17.3 Å². The third-order valence-corrected chi connectivity index (χ3v) is 3.54. The smallest absolute Gasteiger partial charge is 0.152 e. The average molecular weight is 290 g/mol. The third kappa shape index (κ3) is 2.32. The van der Waals surface area contributed by atoms with Crippen LogP contribution in [0.2, 0.25) is 5.02 Å². The van der Waals surface area contributed by atoms with Gasteiger partial charge in [-0.25, -0.2) is 0 Å². The van der Waals surface area contributed by atoms with Crippen molar-refractivity contribution in [1.29, 1.82) is 0 Å². The van der Waals surface area contributed by atoms with Crippen molar-refractivity contribution in [3.05, 3.63) is 53.0 Å². The lowest BCUT2D eigenvalue weighted by atomic mass is 10.1. The molecule has 2 heterocycles. The molecule has 3 aromatic rings. The van der Waals surface area contributed by atoms with E-state index in [1.54, 1.807) is 4.68 Å². The summed E-state index contributed by atoms with van der Waals surface area (Å²) in [6.45, 7) is 2.89. The van der Waals surface area contributed by atoms with E-state index in [1.165, 1.54) is 0 Å². The molecule has 20 heavy (non-hydrogen) atoms. The summed E-state index contributed by atoms with van der Waals surface area (Å²) in [5, 5.41) is 9.49. The van der Waals surface area contributed by atoms with E-state index >= 15 is 0 Å². The molecule has 0 bridgehead atoms. The van der Waals surface area contributed by atoms with Gasteiger partial charge < -0.3 is 9.73 Å². The highest BCUT2D eigenvalue weighted by atomic mass is 35.5. The van der Waals surface area contributed by atoms with Gasteiger partial charge in [-0.2, -0.15) is 5.10 Å². The van der Waals surface area contributed by atoms with Gasteiger partial charge in [0.05, 0.1) is 10.7 Å². The molecule has 0 radical (unpaired) electrons. The number of benzene rings is 1. The highest BCUT2D eigenvalue weighted by molar-refractivity contribution is 6.34. The number of fused-ring (bicyclic) bond motifs is 1. The second-order valence-electron chi connectivity index (χ2n) is 4.71. The molecular weight excluding hydrogens is 274 g/mol. The molecule has 4 nitrogen and oxygen atoms in total. The zero-order valence-electron chi connectivity index (χ0n) is 11.4. The summed E-state index contributed by atoms with van der Waals surface area (Å²) < 4.78 is 7.72. The first kappa shape index (κ1) is 13.2. The van der Waals surface area contributed by atoms with Crippen molar-refractivity contribution in [1.82, 2.24) is 15.1 Å². The van der Waals surface area contributed by atoms with Crippen molar-refractivity contribution in [3.63, 3.8) is 0 Å². The second-order valence-corrected chi connectivity index (χ2v) is 5.12. The van der Waals surface area contributed by atoms with Crippen LogP contribution in [0.3, 0.4) is 0 Å². The zero-order valence-corrected chi connectivity index (χ0v) is 12.2. The van der Waals surface area contributed by atoms with Crippen molar-refractivity contribution < 1.29 is 4.42 Å². The summed E-state index contributed by atoms with van der Waals surface area (Å²) in [6.07, 6.45) is 1.93. The second kappa shape index (κ2) is 5.31. The van der Waals surface area contributed by atoms with Crippen molar-refractivity contribution >= 4 is 22.6 Å². The molecule has 1 atom stereocenters. The monoisotopic (exact) mass is 289 g/mol. The molecule has 0 aliphatic rings. The van der Waals surface area contributed by atoms with Crippen molar-refractivity contribution in [3.8, 4) is 0 Å². The van der Waals surface area contributed by atoms with E-state index in [4.69, 9.17) is 16.0 Å². The van der Waals surface area contributed by atoms with Gasteiger partial charge in [0.1, 0.15) is 11.8 Å². The van der Waals surface area contributed by atoms with Gasteiger partial charge in [-0.05, 0) is 24.7 Å². The maximum Gasteiger partial charge on any atom is 0.152 e. The number of aromatic nitrogens is 2. The first-order valence-electron chi connectivity index (χ1n) is 6.60. The van der Waals surface area contributed by atoms with Crippen LogP contribution in [0.25, 0.3) is 11.0 Å². The molecule has 0 aliphatic carbocycles. The van der Waals surface area contributed by atoms with E-state index in [0.717, 1.165) is 29.0 Å². The quantitative estimate of drug-likeness (QED) is 0.799. The normalized spacial score (nSPS) is 12.9. The summed E-state index contributed by atoms with van der Waals surface area (Å²) >= 11 is 6.17. The standard InChI is InChI=1S/C15H16ClN3O/c1-3-17-14(12-7-8-19(2)18-12)13-9-10-5-4-6-11(16)15(10)20-13/h4-9,14,17H,3H2,1-2H3. The van der Waals surface area contributed by atoms with Gasteiger partial charge in [-0.1, -0.05) is 30.7 Å². The lowest BCUT2D eigenvalue weighted by Gasteiger charge is -2.12. The predicted molar refractivity (Wildman–Crippen MR) is 80.0 cm³/mol. The molecule has 5 heteroatoms. The first-order valence-corrected chi connectivity index (χ1v) is 6.97. The Kier molecular flexibility index (Phi) is 3.51. The Hall–Kier alpha value is -1.78. The number of halogens is 1. The lowest BCUT2D eigenvalue weighted by molar-refractivity contribution is 0.468. The lowest BCUT2D eigenvalue weighted by Crippen LogP contribution is -2.22. The van der Waals surface area contributed by atoms with Crippen LogP contribution < -0.4 is 5.32 Å². The summed E-state index contributed by atoms with van der Waals surface area (Å²) in [5.41, 5.74) is 1.66. The van der Waals surface area contributed by atoms with Gasteiger partial charge >= 0.3 is 0 Å². The molecule has 0 spiro atoms. The van der Waals surface area contributed by atoms with Crippen LogP contribution in [-0.2, 0) is 7.05 Å². The highest BCUT2D eigenvalue weighted by Gasteiger charge is 2.20. The predicted octanol–water partition coefficient (Wildman–Crippen LogP) is 3.52. The minimum absolute atomic E-state index is 0.0651. The number of hydrogen-bond acceptors (Lipinski definition) is 3. The maximum absolute atomic E-state index is 6.17. The molecule has 2 aromatic heterocycles. The van der Waals surface area contributed by atoms with Gasteiger partial charge in [-0.15, -0.1) is 0 Å². The van der Waals surface area contributed by atoms with E-state index in [0.29, 0.717) is 5.02 Å².